The van der Waals surface area contributed by atoms with Crippen molar-refractivity contribution in [2.45, 2.75) is 51.7 Å². The van der Waals surface area contributed by atoms with Crippen molar-refractivity contribution in [2.75, 3.05) is 11.9 Å². The monoisotopic (exact) mass is 495 g/mol. The first kappa shape index (κ1) is 27.0. The van der Waals surface area contributed by atoms with Gasteiger partial charge >= 0.3 is 12.2 Å². The lowest BCUT2D eigenvalue weighted by atomic mass is 9.93. The normalized spacial score (nSPS) is 12.8. The van der Waals surface area contributed by atoms with E-state index in [9.17, 15) is 18.0 Å². The number of urea groups is 1. The number of carbonyl (C=O) groups excluding carboxylic acids is 1. The molecule has 0 unspecified atom stereocenters. The van der Waals surface area contributed by atoms with E-state index in [1.807, 2.05) is 48.5 Å². The van der Waals surface area contributed by atoms with E-state index in [-0.39, 0.29) is 23.9 Å². The van der Waals surface area contributed by atoms with Crippen LogP contribution in [0.15, 0.2) is 77.8 Å². The molecule has 2 N–H and O–H groups in total. The fourth-order valence-corrected chi connectivity index (χ4v) is 4.01. The molecule has 0 aromatic heterocycles. The Balaban J connectivity index is 1.82. The molecule has 0 aliphatic carbocycles. The maximum atomic E-state index is 13.4. The summed E-state index contributed by atoms with van der Waals surface area (Å²) in [5, 5.41) is 5.86. The number of halogens is 3. The van der Waals surface area contributed by atoms with Crippen molar-refractivity contribution in [2.24, 2.45) is 4.99 Å². The summed E-state index contributed by atoms with van der Waals surface area (Å²) >= 11 is 0. The summed E-state index contributed by atoms with van der Waals surface area (Å²) < 4.78 is 40.2. The number of nitrogens with one attached hydrogen (secondary N) is 2. The van der Waals surface area contributed by atoms with Crippen molar-refractivity contribution in [1.82, 2.24) is 5.32 Å². The first-order valence-electron chi connectivity index (χ1n) is 12.0. The molecule has 4 nitrogen and oxygen atoms in total. The fourth-order valence-electron chi connectivity index (χ4n) is 4.01. The van der Waals surface area contributed by atoms with Crippen molar-refractivity contribution in [1.29, 1.82) is 0 Å². The molecule has 3 aromatic rings. The summed E-state index contributed by atoms with van der Waals surface area (Å²) in [6, 6.07) is 19.5. The molecule has 0 heterocycles. The van der Waals surface area contributed by atoms with Crippen molar-refractivity contribution in [3.63, 3.8) is 0 Å². The van der Waals surface area contributed by atoms with E-state index >= 15 is 0 Å². The lowest BCUT2D eigenvalue weighted by molar-refractivity contribution is -0.137. The second-order valence-corrected chi connectivity index (χ2v) is 9.25. The van der Waals surface area contributed by atoms with Crippen LogP contribution in [-0.4, -0.2) is 18.8 Å². The van der Waals surface area contributed by atoms with E-state index in [1.54, 1.807) is 0 Å². The third-order valence-electron chi connectivity index (χ3n) is 5.91. The van der Waals surface area contributed by atoms with Crippen molar-refractivity contribution in [3.8, 4) is 0 Å². The SMILES string of the molecule is CC(C)c1cccc(C(C)C)c1NC(=O)NC[C@H](N=Cc1ccccc1C(F)(F)F)c1ccccc1. The summed E-state index contributed by atoms with van der Waals surface area (Å²) in [5.41, 5.74) is 2.87. The highest BCUT2D eigenvalue weighted by Crippen LogP contribution is 2.33. The third kappa shape index (κ3) is 6.97. The van der Waals surface area contributed by atoms with Crippen LogP contribution in [0.2, 0.25) is 0 Å². The van der Waals surface area contributed by atoms with E-state index in [0.717, 1.165) is 28.4 Å². The van der Waals surface area contributed by atoms with Gasteiger partial charge in [-0.25, -0.2) is 4.79 Å². The maximum absolute atomic E-state index is 13.4. The molecule has 0 aliphatic heterocycles. The van der Waals surface area contributed by atoms with Gasteiger partial charge in [0.15, 0.2) is 0 Å². The van der Waals surface area contributed by atoms with E-state index in [2.05, 4.69) is 43.3 Å². The second-order valence-electron chi connectivity index (χ2n) is 9.25. The zero-order valence-electron chi connectivity index (χ0n) is 20.9. The van der Waals surface area contributed by atoms with Crippen LogP contribution < -0.4 is 10.6 Å². The van der Waals surface area contributed by atoms with Crippen molar-refractivity contribution >= 4 is 17.9 Å². The average Bonchev–Trinajstić information content (AvgIpc) is 2.84. The Kier molecular flexibility index (Phi) is 8.91. The number of amides is 2. The Bertz CT molecular complexity index is 1160. The van der Waals surface area contributed by atoms with E-state index in [1.165, 1.54) is 24.4 Å². The van der Waals surface area contributed by atoms with Crippen LogP contribution >= 0.6 is 0 Å². The molecule has 2 amide bonds. The van der Waals surface area contributed by atoms with Gasteiger partial charge in [0.2, 0.25) is 0 Å². The van der Waals surface area contributed by atoms with Gasteiger partial charge in [-0.05, 0) is 34.6 Å². The Morgan fingerprint density at radius 2 is 1.44 bits per heavy atom. The minimum Gasteiger partial charge on any atom is -0.335 e. The molecule has 0 fully saturated rings. The lowest BCUT2D eigenvalue weighted by Crippen LogP contribution is -2.33. The largest absolute Gasteiger partial charge is 0.417 e. The van der Waals surface area contributed by atoms with Gasteiger partial charge in [-0.3, -0.25) is 4.99 Å². The summed E-state index contributed by atoms with van der Waals surface area (Å²) in [6.07, 6.45) is -3.26. The van der Waals surface area contributed by atoms with Gasteiger partial charge in [0.05, 0.1) is 11.6 Å². The number of carbonyl (C=O) groups is 1. The number of benzene rings is 3. The van der Waals surface area contributed by atoms with Crippen molar-refractivity contribution in [3.05, 3.63) is 101 Å². The fraction of sp³-hybridized carbons (Fsp3) is 0.310. The molecule has 0 saturated heterocycles. The molecule has 3 rings (SSSR count). The molecular weight excluding hydrogens is 463 g/mol. The van der Waals surface area contributed by atoms with Crippen LogP contribution in [0.3, 0.4) is 0 Å². The summed E-state index contributed by atoms with van der Waals surface area (Å²) in [7, 11) is 0. The predicted octanol–water partition coefficient (Wildman–Crippen LogP) is 7.93. The van der Waals surface area contributed by atoms with Crippen molar-refractivity contribution < 1.29 is 18.0 Å². The minimum absolute atomic E-state index is 0.0252. The third-order valence-corrected chi connectivity index (χ3v) is 5.91. The first-order valence-corrected chi connectivity index (χ1v) is 12.0. The summed E-state index contributed by atoms with van der Waals surface area (Å²) in [6.45, 7) is 8.40. The molecule has 7 heteroatoms. The van der Waals surface area contributed by atoms with Crippen LogP contribution in [-0.2, 0) is 6.18 Å². The number of alkyl halides is 3. The Labute approximate surface area is 210 Å². The van der Waals surface area contributed by atoms with E-state index in [4.69, 9.17) is 0 Å². The highest BCUT2D eigenvalue weighted by atomic mass is 19.4. The molecule has 0 spiro atoms. The number of rotatable bonds is 8. The van der Waals surface area contributed by atoms with Gasteiger partial charge in [0.25, 0.3) is 0 Å². The Morgan fingerprint density at radius 1 is 0.861 bits per heavy atom. The molecule has 3 aromatic carbocycles. The number of hydrogen-bond acceptors (Lipinski definition) is 2. The van der Waals surface area contributed by atoms with E-state index < -0.39 is 23.8 Å². The summed E-state index contributed by atoms with van der Waals surface area (Å²) in [4.78, 5) is 17.4. The van der Waals surface area contributed by atoms with Gasteiger partial charge < -0.3 is 10.6 Å². The van der Waals surface area contributed by atoms with E-state index in [0.29, 0.717) is 0 Å². The molecule has 1 atom stereocenters. The van der Waals surface area contributed by atoms with Crippen LogP contribution in [0.1, 0.15) is 73.4 Å². The van der Waals surface area contributed by atoms with Gasteiger partial charge in [0, 0.05) is 24.0 Å². The molecule has 36 heavy (non-hydrogen) atoms. The Hall–Kier alpha value is -3.61. The smallest absolute Gasteiger partial charge is 0.335 e. The first-order chi connectivity index (χ1) is 17.1. The number of nitrogens with zero attached hydrogens (tertiary/aromatic N) is 1. The van der Waals surface area contributed by atoms with Crippen LogP contribution in [0.5, 0.6) is 0 Å². The number of anilines is 1. The van der Waals surface area contributed by atoms with Gasteiger partial charge in [-0.2, -0.15) is 13.2 Å². The molecule has 0 saturated carbocycles. The lowest BCUT2D eigenvalue weighted by Gasteiger charge is -2.21. The van der Waals surface area contributed by atoms with Gasteiger partial charge in [-0.15, -0.1) is 0 Å². The number of aliphatic imine (C=N–C) groups is 1. The molecule has 0 bridgehead atoms. The number of para-hydroxylation sites is 1. The van der Waals surface area contributed by atoms with Crippen LogP contribution in [0.4, 0.5) is 23.7 Å². The maximum Gasteiger partial charge on any atom is 0.417 e. The summed E-state index contributed by atoms with van der Waals surface area (Å²) in [5.74, 6) is 0.434. The molecule has 0 radical (unpaired) electrons. The topological polar surface area (TPSA) is 53.5 Å². The van der Waals surface area contributed by atoms with Gasteiger partial charge in [0.1, 0.15) is 0 Å². The second kappa shape index (κ2) is 11.9. The zero-order chi connectivity index (χ0) is 26.3. The highest BCUT2D eigenvalue weighted by molar-refractivity contribution is 5.91. The molecule has 190 valence electrons. The molecular formula is C29H32F3N3O. The van der Waals surface area contributed by atoms with Crippen LogP contribution in [0, 0.1) is 0 Å². The van der Waals surface area contributed by atoms with Crippen LogP contribution in [0.25, 0.3) is 0 Å². The quantitative estimate of drug-likeness (QED) is 0.306. The standard InChI is InChI=1S/C29H32F3N3O/c1-19(2)23-14-10-15-24(20(3)4)27(23)35-28(36)34-18-26(21-11-6-5-7-12-21)33-17-22-13-8-9-16-25(22)29(30,31)32/h5-17,19-20,26H,18H2,1-4H3,(H2,34,35,36)/t26-/m0/s1. The predicted molar refractivity (Wildman–Crippen MR) is 140 cm³/mol. The van der Waals surface area contributed by atoms with Gasteiger partial charge in [-0.1, -0.05) is 94.4 Å². The number of hydrogen-bond donors (Lipinski definition) is 2. The Morgan fingerprint density at radius 3 is 2.03 bits per heavy atom. The highest BCUT2D eigenvalue weighted by Gasteiger charge is 2.32. The average molecular weight is 496 g/mol. The zero-order valence-corrected chi connectivity index (χ0v) is 20.9. The molecule has 0 aliphatic rings. The minimum atomic E-state index is -4.49.